The molecule has 0 spiro atoms. The Morgan fingerprint density at radius 3 is 2.70 bits per heavy atom. The third-order valence-corrected chi connectivity index (χ3v) is 5.15. The molecule has 0 aromatic carbocycles. The van der Waals surface area contributed by atoms with Gasteiger partial charge in [-0.05, 0) is 48.1 Å². The zero-order valence-corrected chi connectivity index (χ0v) is 14.3. The molecule has 1 aromatic heterocycles. The van der Waals surface area contributed by atoms with Crippen LogP contribution < -0.4 is 5.32 Å². The van der Waals surface area contributed by atoms with Gasteiger partial charge in [0, 0.05) is 24.1 Å². The molecule has 1 aliphatic rings. The second-order valence-corrected chi connectivity index (χ2v) is 8.01. The minimum atomic E-state index is 0.248. The van der Waals surface area contributed by atoms with Crippen LogP contribution in [0, 0.1) is 11.3 Å². The maximum absolute atomic E-state index is 6.03. The van der Waals surface area contributed by atoms with E-state index in [0.29, 0.717) is 24.1 Å². The summed E-state index contributed by atoms with van der Waals surface area (Å²) in [4.78, 5) is 0. The van der Waals surface area contributed by atoms with Crippen LogP contribution in [0.25, 0.3) is 0 Å². The summed E-state index contributed by atoms with van der Waals surface area (Å²) in [7, 11) is 0. The van der Waals surface area contributed by atoms with Gasteiger partial charge < -0.3 is 10.1 Å². The maximum Gasteiger partial charge on any atom is 0.0656 e. The molecule has 1 aliphatic carbocycles. The Morgan fingerprint density at radius 2 is 2.15 bits per heavy atom. The molecule has 3 unspecified atom stereocenters. The van der Waals surface area contributed by atoms with Crippen LogP contribution in [0.4, 0.5) is 0 Å². The van der Waals surface area contributed by atoms with Gasteiger partial charge in [-0.1, -0.05) is 27.7 Å². The summed E-state index contributed by atoms with van der Waals surface area (Å²) in [5.41, 5.74) is 1.69. The number of nitrogens with one attached hydrogen (secondary N) is 1. The average Bonchev–Trinajstić information content (AvgIpc) is 2.85. The van der Waals surface area contributed by atoms with E-state index in [2.05, 4.69) is 56.8 Å². The molecule has 1 aromatic rings. The molecule has 3 atom stereocenters. The zero-order valence-electron chi connectivity index (χ0n) is 13.5. The van der Waals surface area contributed by atoms with E-state index in [4.69, 9.17) is 4.74 Å². The van der Waals surface area contributed by atoms with Gasteiger partial charge in [0.2, 0.25) is 0 Å². The Kier molecular flexibility index (Phi) is 5.27. The van der Waals surface area contributed by atoms with Crippen molar-refractivity contribution in [2.24, 2.45) is 11.3 Å². The lowest BCUT2D eigenvalue weighted by Gasteiger charge is -2.53. The fraction of sp³-hybridized carbons (Fsp3) is 0.765. The lowest BCUT2D eigenvalue weighted by atomic mass is 9.64. The Morgan fingerprint density at radius 1 is 1.40 bits per heavy atom. The molecular weight excluding hydrogens is 266 g/mol. The molecule has 0 amide bonds. The van der Waals surface area contributed by atoms with Crippen LogP contribution >= 0.6 is 11.3 Å². The highest BCUT2D eigenvalue weighted by Crippen LogP contribution is 2.43. The van der Waals surface area contributed by atoms with Gasteiger partial charge in [0.05, 0.1) is 6.10 Å². The number of ether oxygens (including phenoxy) is 1. The monoisotopic (exact) mass is 295 g/mol. The fourth-order valence-electron chi connectivity index (χ4n) is 2.92. The smallest absolute Gasteiger partial charge is 0.0656 e. The molecule has 114 valence electrons. The van der Waals surface area contributed by atoms with E-state index in [9.17, 15) is 0 Å². The molecule has 0 aliphatic heterocycles. The highest BCUT2D eigenvalue weighted by atomic mass is 32.1. The summed E-state index contributed by atoms with van der Waals surface area (Å²) in [6.07, 6.45) is 2.68. The van der Waals surface area contributed by atoms with Crippen LogP contribution in [0.1, 0.15) is 46.6 Å². The van der Waals surface area contributed by atoms with Gasteiger partial charge in [0.15, 0.2) is 0 Å². The number of hydrogen-bond acceptors (Lipinski definition) is 3. The predicted octanol–water partition coefficient (Wildman–Crippen LogP) is 4.11. The molecule has 1 saturated carbocycles. The van der Waals surface area contributed by atoms with Crippen molar-refractivity contribution < 1.29 is 4.74 Å². The Balaban J connectivity index is 1.77. The fourth-order valence-corrected chi connectivity index (χ4v) is 3.61. The molecule has 3 heteroatoms. The van der Waals surface area contributed by atoms with E-state index in [1.807, 2.05) is 0 Å². The van der Waals surface area contributed by atoms with Crippen LogP contribution in [-0.4, -0.2) is 24.8 Å². The van der Waals surface area contributed by atoms with Crippen molar-refractivity contribution in [3.8, 4) is 0 Å². The van der Waals surface area contributed by atoms with Crippen molar-refractivity contribution in [3.05, 3.63) is 22.4 Å². The lowest BCUT2D eigenvalue weighted by molar-refractivity contribution is -0.125. The van der Waals surface area contributed by atoms with Gasteiger partial charge in [-0.3, -0.25) is 0 Å². The van der Waals surface area contributed by atoms with Crippen molar-refractivity contribution in [2.75, 3.05) is 6.61 Å². The normalized spacial score (nSPS) is 26.5. The standard InChI is InChI=1S/C17H29NOS/c1-12(2)10-19-16-9-15(17(16,4)5)18-13(3)8-14-6-7-20-11-14/h6-7,11-13,15-16,18H,8-10H2,1-5H3. The molecule has 0 saturated heterocycles. The van der Waals surface area contributed by atoms with Gasteiger partial charge in [0.25, 0.3) is 0 Å². The molecule has 0 bridgehead atoms. The van der Waals surface area contributed by atoms with Gasteiger partial charge >= 0.3 is 0 Å². The largest absolute Gasteiger partial charge is 0.377 e. The minimum absolute atomic E-state index is 0.248. The quantitative estimate of drug-likeness (QED) is 0.817. The molecule has 1 N–H and O–H groups in total. The third-order valence-electron chi connectivity index (χ3n) is 4.42. The summed E-state index contributed by atoms with van der Waals surface area (Å²) in [5.74, 6) is 0.621. The summed E-state index contributed by atoms with van der Waals surface area (Å²) >= 11 is 1.78. The van der Waals surface area contributed by atoms with Crippen LogP contribution in [0.5, 0.6) is 0 Å². The van der Waals surface area contributed by atoms with Crippen molar-refractivity contribution in [1.82, 2.24) is 5.32 Å². The van der Waals surface area contributed by atoms with E-state index in [1.165, 1.54) is 5.56 Å². The molecular formula is C17H29NOS. The van der Waals surface area contributed by atoms with E-state index < -0.39 is 0 Å². The van der Waals surface area contributed by atoms with E-state index >= 15 is 0 Å². The molecule has 2 rings (SSSR count). The van der Waals surface area contributed by atoms with Crippen molar-refractivity contribution in [3.63, 3.8) is 0 Å². The number of thiophene rings is 1. The van der Waals surface area contributed by atoms with Crippen LogP contribution in [0.15, 0.2) is 16.8 Å². The first-order valence-electron chi connectivity index (χ1n) is 7.78. The maximum atomic E-state index is 6.03. The summed E-state index contributed by atoms with van der Waals surface area (Å²) in [6, 6.07) is 3.33. The predicted molar refractivity (Wildman–Crippen MR) is 87.4 cm³/mol. The lowest BCUT2D eigenvalue weighted by Crippen LogP contribution is -2.62. The molecule has 1 fully saturated rings. The topological polar surface area (TPSA) is 21.3 Å². The first-order valence-corrected chi connectivity index (χ1v) is 8.72. The number of rotatable bonds is 7. The van der Waals surface area contributed by atoms with Crippen molar-refractivity contribution in [1.29, 1.82) is 0 Å². The highest BCUT2D eigenvalue weighted by Gasteiger charge is 2.49. The summed E-state index contributed by atoms with van der Waals surface area (Å²) in [5, 5.41) is 8.19. The average molecular weight is 295 g/mol. The second kappa shape index (κ2) is 6.59. The Hall–Kier alpha value is -0.380. The van der Waals surface area contributed by atoms with Gasteiger partial charge in [-0.2, -0.15) is 11.3 Å². The number of hydrogen-bond donors (Lipinski definition) is 1. The SMILES string of the molecule is CC(C)COC1CC(NC(C)Cc2ccsc2)C1(C)C. The van der Waals surface area contributed by atoms with Gasteiger partial charge in [0.1, 0.15) is 0 Å². The van der Waals surface area contributed by atoms with E-state index in [-0.39, 0.29) is 5.41 Å². The van der Waals surface area contributed by atoms with Gasteiger partial charge in [-0.15, -0.1) is 0 Å². The summed E-state index contributed by atoms with van der Waals surface area (Å²) < 4.78 is 6.03. The first-order chi connectivity index (χ1) is 9.39. The van der Waals surface area contributed by atoms with E-state index in [0.717, 1.165) is 19.4 Å². The van der Waals surface area contributed by atoms with Crippen molar-refractivity contribution in [2.45, 2.75) is 65.6 Å². The molecule has 2 nitrogen and oxygen atoms in total. The minimum Gasteiger partial charge on any atom is -0.377 e. The van der Waals surface area contributed by atoms with Crippen molar-refractivity contribution >= 4 is 11.3 Å². The summed E-state index contributed by atoms with van der Waals surface area (Å²) in [6.45, 7) is 12.3. The van der Waals surface area contributed by atoms with E-state index in [1.54, 1.807) is 11.3 Å². The molecule has 1 heterocycles. The van der Waals surface area contributed by atoms with Crippen LogP contribution in [0.2, 0.25) is 0 Å². The zero-order chi connectivity index (χ0) is 14.8. The highest BCUT2D eigenvalue weighted by molar-refractivity contribution is 7.07. The van der Waals surface area contributed by atoms with Crippen LogP contribution in [0.3, 0.4) is 0 Å². The van der Waals surface area contributed by atoms with Gasteiger partial charge in [-0.25, -0.2) is 0 Å². The Bertz CT molecular complexity index is 399. The molecule has 20 heavy (non-hydrogen) atoms. The first kappa shape index (κ1) is 16.0. The van der Waals surface area contributed by atoms with Crippen LogP contribution in [-0.2, 0) is 11.2 Å². The molecule has 0 radical (unpaired) electrons. The Labute approximate surface area is 127 Å². The second-order valence-electron chi connectivity index (χ2n) is 7.23. The third kappa shape index (κ3) is 3.84.